The van der Waals surface area contributed by atoms with Crippen molar-refractivity contribution >= 4 is 6.21 Å². The van der Waals surface area contributed by atoms with Gasteiger partial charge in [-0.3, -0.25) is 14.9 Å². The summed E-state index contributed by atoms with van der Waals surface area (Å²) in [7, 11) is 0. The third-order valence-electron chi connectivity index (χ3n) is 3.68. The molecule has 2 aromatic rings. The number of nitrogens with one attached hydrogen (secondary N) is 1. The van der Waals surface area contributed by atoms with Crippen LogP contribution in [0.1, 0.15) is 24.1 Å². The molecule has 0 saturated carbocycles. The first-order chi connectivity index (χ1) is 10.3. The monoisotopic (exact) mass is 285 g/mol. The highest BCUT2D eigenvalue weighted by molar-refractivity contribution is 5.80. The molecular weight excluding hydrogens is 266 g/mol. The number of ether oxygens (including phenoxy) is 1. The van der Waals surface area contributed by atoms with Gasteiger partial charge in [0, 0.05) is 18.5 Å². The average molecular weight is 285 g/mol. The summed E-state index contributed by atoms with van der Waals surface area (Å²) >= 11 is 0. The lowest BCUT2D eigenvalue weighted by atomic mass is 10.2. The summed E-state index contributed by atoms with van der Waals surface area (Å²) in [5.41, 5.74) is 2.18. The van der Waals surface area contributed by atoms with E-state index in [9.17, 15) is 4.79 Å². The van der Waals surface area contributed by atoms with Gasteiger partial charge < -0.3 is 4.74 Å². The lowest BCUT2D eigenvalue weighted by Gasteiger charge is -2.03. The van der Waals surface area contributed by atoms with Crippen molar-refractivity contribution in [3.8, 4) is 5.69 Å². The molecule has 21 heavy (non-hydrogen) atoms. The normalized spacial score (nSPS) is 18.6. The van der Waals surface area contributed by atoms with Gasteiger partial charge in [-0.15, -0.1) is 0 Å². The van der Waals surface area contributed by atoms with Gasteiger partial charge >= 0.3 is 0 Å². The number of aliphatic imine (C=N–C) groups is 1. The highest BCUT2D eigenvalue weighted by Gasteiger charge is 2.15. The fourth-order valence-electron chi connectivity index (χ4n) is 2.52. The first-order valence-electron chi connectivity index (χ1n) is 7.24. The molecule has 110 valence electrons. The SMILES string of the molecule is Cc1[nH]n(-c2ccccc2)c(=O)c1C=NCC1CCCO1. The van der Waals surface area contributed by atoms with E-state index in [0.29, 0.717) is 12.1 Å². The van der Waals surface area contributed by atoms with Crippen molar-refractivity contribution in [3.05, 3.63) is 51.9 Å². The minimum Gasteiger partial charge on any atom is -0.376 e. The molecule has 1 aromatic carbocycles. The van der Waals surface area contributed by atoms with Crippen LogP contribution in [0.5, 0.6) is 0 Å². The number of hydrogen-bond acceptors (Lipinski definition) is 3. The molecule has 1 aromatic heterocycles. The van der Waals surface area contributed by atoms with Crippen LogP contribution in [0.3, 0.4) is 0 Å². The predicted octanol–water partition coefficient (Wildman–Crippen LogP) is 2.07. The fraction of sp³-hybridized carbons (Fsp3) is 0.375. The Hall–Kier alpha value is -2.14. The molecule has 1 aliphatic heterocycles. The fourth-order valence-corrected chi connectivity index (χ4v) is 2.52. The molecule has 0 amide bonds. The van der Waals surface area contributed by atoms with E-state index in [0.717, 1.165) is 30.8 Å². The highest BCUT2D eigenvalue weighted by atomic mass is 16.5. The average Bonchev–Trinajstić information content (AvgIpc) is 3.11. The van der Waals surface area contributed by atoms with Crippen LogP contribution in [-0.2, 0) is 4.74 Å². The Morgan fingerprint density at radius 1 is 1.43 bits per heavy atom. The second kappa shape index (κ2) is 6.10. The number of H-pyrrole nitrogens is 1. The maximum absolute atomic E-state index is 12.4. The van der Waals surface area contributed by atoms with Gasteiger partial charge in [0.05, 0.1) is 23.9 Å². The van der Waals surface area contributed by atoms with Gasteiger partial charge in [-0.1, -0.05) is 18.2 Å². The summed E-state index contributed by atoms with van der Waals surface area (Å²) in [5, 5.41) is 3.09. The third kappa shape index (κ3) is 2.97. The summed E-state index contributed by atoms with van der Waals surface area (Å²) in [4.78, 5) is 16.8. The second-order valence-electron chi connectivity index (χ2n) is 5.26. The summed E-state index contributed by atoms with van der Waals surface area (Å²) in [6, 6.07) is 9.52. The molecule has 2 heterocycles. The third-order valence-corrected chi connectivity index (χ3v) is 3.68. The largest absolute Gasteiger partial charge is 0.376 e. The van der Waals surface area contributed by atoms with Gasteiger partial charge in [0.2, 0.25) is 0 Å². The zero-order chi connectivity index (χ0) is 14.7. The van der Waals surface area contributed by atoms with E-state index in [1.807, 2.05) is 37.3 Å². The van der Waals surface area contributed by atoms with Crippen LogP contribution in [0.15, 0.2) is 40.1 Å². The Bertz CT molecular complexity index is 679. The Balaban J connectivity index is 1.81. The van der Waals surface area contributed by atoms with Crippen molar-refractivity contribution in [1.29, 1.82) is 0 Å². The van der Waals surface area contributed by atoms with Gasteiger partial charge in [-0.25, -0.2) is 4.68 Å². The Kier molecular flexibility index (Phi) is 4.01. The molecule has 1 fully saturated rings. The molecular formula is C16H19N3O2. The first kappa shape index (κ1) is 13.8. The summed E-state index contributed by atoms with van der Waals surface area (Å²) < 4.78 is 7.07. The molecule has 0 aliphatic carbocycles. The Morgan fingerprint density at radius 3 is 2.95 bits per heavy atom. The highest BCUT2D eigenvalue weighted by Crippen LogP contribution is 2.12. The van der Waals surface area contributed by atoms with Crippen molar-refractivity contribution < 1.29 is 4.74 Å². The van der Waals surface area contributed by atoms with Crippen molar-refractivity contribution in [2.45, 2.75) is 25.9 Å². The molecule has 5 nitrogen and oxygen atoms in total. The van der Waals surface area contributed by atoms with E-state index in [4.69, 9.17) is 4.74 Å². The standard InChI is InChI=1S/C16H19N3O2/c1-12-15(11-17-10-14-8-5-9-21-14)16(20)19(18-12)13-6-3-2-4-7-13/h2-4,6-7,11,14,18H,5,8-10H2,1H3. The topological polar surface area (TPSA) is 59.4 Å². The number of nitrogens with zero attached hydrogens (tertiary/aromatic N) is 2. The van der Waals surface area contributed by atoms with Crippen LogP contribution in [0, 0.1) is 6.92 Å². The minimum atomic E-state index is -0.0743. The van der Waals surface area contributed by atoms with Crippen LogP contribution < -0.4 is 5.56 Å². The molecule has 1 N–H and O–H groups in total. The zero-order valence-corrected chi connectivity index (χ0v) is 12.1. The number of benzene rings is 1. The molecule has 3 rings (SSSR count). The number of hydrogen-bond donors (Lipinski definition) is 1. The molecule has 1 unspecified atom stereocenters. The molecule has 5 heteroatoms. The number of aromatic amines is 1. The lowest BCUT2D eigenvalue weighted by molar-refractivity contribution is 0.118. The van der Waals surface area contributed by atoms with Crippen molar-refractivity contribution in [2.24, 2.45) is 4.99 Å². The van der Waals surface area contributed by atoms with Crippen molar-refractivity contribution in [1.82, 2.24) is 9.78 Å². The van der Waals surface area contributed by atoms with E-state index < -0.39 is 0 Å². The maximum Gasteiger partial charge on any atom is 0.280 e. The zero-order valence-electron chi connectivity index (χ0n) is 12.1. The van der Waals surface area contributed by atoms with Crippen LogP contribution >= 0.6 is 0 Å². The van der Waals surface area contributed by atoms with E-state index in [1.165, 1.54) is 0 Å². The molecule has 1 saturated heterocycles. The second-order valence-corrected chi connectivity index (χ2v) is 5.26. The molecule has 1 atom stereocenters. The van der Waals surface area contributed by atoms with E-state index in [2.05, 4.69) is 10.1 Å². The van der Waals surface area contributed by atoms with Crippen LogP contribution in [0.4, 0.5) is 0 Å². The lowest BCUT2D eigenvalue weighted by Crippen LogP contribution is -2.17. The summed E-state index contributed by atoms with van der Waals surface area (Å²) in [6.45, 7) is 3.33. The van der Waals surface area contributed by atoms with Gasteiger partial charge in [0.15, 0.2) is 0 Å². The van der Waals surface area contributed by atoms with Gasteiger partial charge in [0.1, 0.15) is 0 Å². The number of rotatable bonds is 4. The summed E-state index contributed by atoms with van der Waals surface area (Å²) in [6.07, 6.45) is 4.02. The van der Waals surface area contributed by atoms with Gasteiger partial charge in [0.25, 0.3) is 5.56 Å². The maximum atomic E-state index is 12.4. The smallest absolute Gasteiger partial charge is 0.280 e. The molecule has 0 bridgehead atoms. The van der Waals surface area contributed by atoms with Gasteiger partial charge in [-0.05, 0) is 31.9 Å². The molecule has 0 spiro atoms. The van der Waals surface area contributed by atoms with E-state index in [1.54, 1.807) is 10.9 Å². The van der Waals surface area contributed by atoms with Crippen LogP contribution in [-0.4, -0.2) is 35.3 Å². The van der Waals surface area contributed by atoms with Gasteiger partial charge in [-0.2, -0.15) is 0 Å². The number of aryl methyl sites for hydroxylation is 1. The first-order valence-corrected chi connectivity index (χ1v) is 7.24. The molecule has 0 radical (unpaired) electrons. The summed E-state index contributed by atoms with van der Waals surface area (Å²) in [5.74, 6) is 0. The van der Waals surface area contributed by atoms with E-state index in [-0.39, 0.29) is 11.7 Å². The molecule has 1 aliphatic rings. The quantitative estimate of drug-likeness (QED) is 0.874. The number of para-hydroxylation sites is 1. The Labute approximate surface area is 123 Å². The minimum absolute atomic E-state index is 0.0743. The Morgan fingerprint density at radius 2 is 2.24 bits per heavy atom. The number of aromatic nitrogens is 2. The predicted molar refractivity (Wildman–Crippen MR) is 82.6 cm³/mol. The van der Waals surface area contributed by atoms with Crippen molar-refractivity contribution in [2.75, 3.05) is 13.2 Å². The van der Waals surface area contributed by atoms with Crippen LogP contribution in [0.2, 0.25) is 0 Å². The van der Waals surface area contributed by atoms with E-state index >= 15 is 0 Å². The van der Waals surface area contributed by atoms with Crippen LogP contribution in [0.25, 0.3) is 5.69 Å². The van der Waals surface area contributed by atoms with Crippen molar-refractivity contribution in [3.63, 3.8) is 0 Å².